The molecule has 2 aliphatic rings. The van der Waals surface area contributed by atoms with Crippen LogP contribution in [-0.4, -0.2) is 15.8 Å². The lowest BCUT2D eigenvalue weighted by atomic mass is 9.51. The Labute approximate surface area is 119 Å². The molecule has 2 fully saturated rings. The Morgan fingerprint density at radius 1 is 1.33 bits per heavy atom. The third-order valence-corrected chi connectivity index (χ3v) is 6.07. The number of thioether (sulfide) groups is 1. The van der Waals surface area contributed by atoms with Crippen molar-refractivity contribution in [2.75, 3.05) is 0 Å². The fourth-order valence-electron chi connectivity index (χ4n) is 3.21. The zero-order valence-electron chi connectivity index (χ0n) is 9.99. The van der Waals surface area contributed by atoms with Crippen LogP contribution in [0.4, 0.5) is 0 Å². The second kappa shape index (κ2) is 4.27. The maximum absolute atomic E-state index is 11.6. The third kappa shape index (κ3) is 1.99. The highest BCUT2D eigenvalue weighted by Crippen LogP contribution is 2.65. The standard InChI is InChI=1S/C14H15BrO2S/c15-10-3-1-4-11(7-10)18-14(12(16)17)8-13(9-14)5-2-6-13/h1,3-4,7H,2,5-6,8-9H2,(H,16,17). The zero-order valence-corrected chi connectivity index (χ0v) is 12.4. The van der Waals surface area contributed by atoms with E-state index in [9.17, 15) is 9.90 Å². The third-order valence-electron chi connectivity index (χ3n) is 4.23. The monoisotopic (exact) mass is 326 g/mol. The van der Waals surface area contributed by atoms with Crippen molar-refractivity contribution < 1.29 is 9.90 Å². The van der Waals surface area contributed by atoms with Crippen LogP contribution in [0, 0.1) is 5.41 Å². The SMILES string of the molecule is O=C(O)C1(Sc2cccc(Br)c2)CC2(CCC2)C1. The van der Waals surface area contributed by atoms with Gasteiger partial charge in [0.05, 0.1) is 0 Å². The van der Waals surface area contributed by atoms with E-state index in [1.807, 2.05) is 24.3 Å². The lowest BCUT2D eigenvalue weighted by molar-refractivity contribution is -0.149. The van der Waals surface area contributed by atoms with Gasteiger partial charge in [-0.05, 0) is 49.3 Å². The average Bonchev–Trinajstić information content (AvgIpc) is 2.19. The van der Waals surface area contributed by atoms with Gasteiger partial charge in [-0.25, -0.2) is 0 Å². The minimum atomic E-state index is -0.648. The topological polar surface area (TPSA) is 37.3 Å². The minimum Gasteiger partial charge on any atom is -0.480 e. The Morgan fingerprint density at radius 3 is 2.56 bits per heavy atom. The van der Waals surface area contributed by atoms with E-state index in [2.05, 4.69) is 15.9 Å². The van der Waals surface area contributed by atoms with Crippen LogP contribution in [0.15, 0.2) is 33.6 Å². The number of benzene rings is 1. The lowest BCUT2D eigenvalue weighted by Gasteiger charge is -2.58. The summed E-state index contributed by atoms with van der Waals surface area (Å²) in [5.74, 6) is -0.648. The molecule has 0 heterocycles. The summed E-state index contributed by atoms with van der Waals surface area (Å²) in [4.78, 5) is 12.6. The lowest BCUT2D eigenvalue weighted by Crippen LogP contribution is -2.57. The predicted molar refractivity (Wildman–Crippen MR) is 75.9 cm³/mol. The molecule has 0 saturated heterocycles. The van der Waals surface area contributed by atoms with Gasteiger partial charge in [0.25, 0.3) is 0 Å². The summed E-state index contributed by atoms with van der Waals surface area (Å²) < 4.78 is 0.423. The van der Waals surface area contributed by atoms with Crippen LogP contribution in [0.2, 0.25) is 0 Å². The molecule has 0 unspecified atom stereocenters. The molecule has 0 aromatic heterocycles. The molecule has 18 heavy (non-hydrogen) atoms. The van der Waals surface area contributed by atoms with Crippen LogP contribution in [0.3, 0.4) is 0 Å². The number of hydrogen-bond donors (Lipinski definition) is 1. The highest BCUT2D eigenvalue weighted by atomic mass is 79.9. The Morgan fingerprint density at radius 2 is 2.06 bits per heavy atom. The molecule has 1 aromatic rings. The largest absolute Gasteiger partial charge is 0.480 e. The van der Waals surface area contributed by atoms with Gasteiger partial charge in [0.15, 0.2) is 0 Å². The number of carbonyl (C=O) groups is 1. The van der Waals surface area contributed by atoms with Crippen molar-refractivity contribution in [3.05, 3.63) is 28.7 Å². The second-order valence-corrected chi connectivity index (χ2v) is 7.94. The highest BCUT2D eigenvalue weighted by molar-refractivity contribution is 9.10. The first kappa shape index (κ1) is 12.5. The maximum atomic E-state index is 11.6. The number of carboxylic acid groups (broad SMARTS) is 1. The number of carboxylic acids is 1. The molecule has 0 amide bonds. The normalized spacial score (nSPS) is 23.2. The molecule has 2 aliphatic carbocycles. The van der Waals surface area contributed by atoms with Crippen molar-refractivity contribution in [3.8, 4) is 0 Å². The fraction of sp³-hybridized carbons (Fsp3) is 0.500. The number of aliphatic carboxylic acids is 1. The molecule has 0 aliphatic heterocycles. The van der Waals surface area contributed by atoms with Gasteiger partial charge in [0, 0.05) is 9.37 Å². The van der Waals surface area contributed by atoms with Gasteiger partial charge in [-0.1, -0.05) is 28.4 Å². The molecule has 0 bridgehead atoms. The van der Waals surface area contributed by atoms with Crippen LogP contribution < -0.4 is 0 Å². The van der Waals surface area contributed by atoms with Crippen LogP contribution in [-0.2, 0) is 4.79 Å². The molecule has 0 atom stereocenters. The second-order valence-electron chi connectivity index (χ2n) is 5.57. The Balaban J connectivity index is 1.78. The first-order chi connectivity index (χ1) is 8.54. The van der Waals surface area contributed by atoms with E-state index in [0.29, 0.717) is 5.41 Å². The van der Waals surface area contributed by atoms with E-state index >= 15 is 0 Å². The van der Waals surface area contributed by atoms with Crippen LogP contribution >= 0.6 is 27.7 Å². The van der Waals surface area contributed by atoms with Gasteiger partial charge >= 0.3 is 5.97 Å². The average molecular weight is 327 g/mol. The first-order valence-corrected chi connectivity index (χ1v) is 7.83. The summed E-state index contributed by atoms with van der Waals surface area (Å²) in [5, 5.41) is 9.53. The van der Waals surface area contributed by atoms with E-state index in [-0.39, 0.29) is 0 Å². The summed E-state index contributed by atoms with van der Waals surface area (Å²) in [6.07, 6.45) is 5.40. The first-order valence-electron chi connectivity index (χ1n) is 6.22. The maximum Gasteiger partial charge on any atom is 0.320 e. The van der Waals surface area contributed by atoms with E-state index in [4.69, 9.17) is 0 Å². The van der Waals surface area contributed by atoms with E-state index < -0.39 is 10.7 Å². The van der Waals surface area contributed by atoms with Crippen LogP contribution in [0.1, 0.15) is 32.1 Å². The quantitative estimate of drug-likeness (QED) is 0.898. The number of hydrogen-bond acceptors (Lipinski definition) is 2. The van der Waals surface area contributed by atoms with Crippen molar-refractivity contribution >= 4 is 33.7 Å². The summed E-state index contributed by atoms with van der Waals surface area (Å²) in [7, 11) is 0. The minimum absolute atomic E-state index is 0.372. The molecule has 0 radical (unpaired) electrons. The van der Waals surface area contributed by atoms with Crippen molar-refractivity contribution in [2.45, 2.75) is 41.7 Å². The van der Waals surface area contributed by atoms with E-state index in [1.165, 1.54) is 31.0 Å². The highest BCUT2D eigenvalue weighted by Gasteiger charge is 2.61. The molecule has 3 rings (SSSR count). The fourth-order valence-corrected chi connectivity index (χ4v) is 5.39. The van der Waals surface area contributed by atoms with Gasteiger partial charge < -0.3 is 5.11 Å². The molecule has 2 saturated carbocycles. The Bertz CT molecular complexity index is 488. The molecule has 1 aromatic carbocycles. The molecule has 96 valence electrons. The molecule has 1 spiro atoms. The van der Waals surface area contributed by atoms with Gasteiger partial charge in [-0.3, -0.25) is 4.79 Å². The van der Waals surface area contributed by atoms with Crippen molar-refractivity contribution in [3.63, 3.8) is 0 Å². The molecule has 1 N–H and O–H groups in total. The summed E-state index contributed by atoms with van der Waals surface area (Å²) in [6.45, 7) is 0. The summed E-state index contributed by atoms with van der Waals surface area (Å²) >= 11 is 4.96. The van der Waals surface area contributed by atoms with Gasteiger partial charge in [-0.2, -0.15) is 0 Å². The molecule has 4 heteroatoms. The number of halogens is 1. The van der Waals surface area contributed by atoms with Gasteiger partial charge in [0.1, 0.15) is 4.75 Å². The van der Waals surface area contributed by atoms with Gasteiger partial charge in [-0.15, -0.1) is 11.8 Å². The molecule has 2 nitrogen and oxygen atoms in total. The van der Waals surface area contributed by atoms with Crippen LogP contribution in [0.25, 0.3) is 0 Å². The van der Waals surface area contributed by atoms with E-state index in [1.54, 1.807) is 0 Å². The molecular weight excluding hydrogens is 312 g/mol. The number of rotatable bonds is 3. The van der Waals surface area contributed by atoms with E-state index in [0.717, 1.165) is 22.2 Å². The Hall–Kier alpha value is -0.480. The predicted octanol–water partition coefficient (Wildman–Crippen LogP) is 4.33. The van der Waals surface area contributed by atoms with Crippen molar-refractivity contribution in [2.24, 2.45) is 5.41 Å². The zero-order chi connectivity index (χ0) is 12.8. The van der Waals surface area contributed by atoms with Crippen LogP contribution in [0.5, 0.6) is 0 Å². The van der Waals surface area contributed by atoms with Crippen molar-refractivity contribution in [1.82, 2.24) is 0 Å². The van der Waals surface area contributed by atoms with Gasteiger partial charge in [0.2, 0.25) is 0 Å². The Kier molecular flexibility index (Phi) is 2.98. The van der Waals surface area contributed by atoms with Crippen molar-refractivity contribution in [1.29, 1.82) is 0 Å². The summed E-state index contributed by atoms with van der Waals surface area (Å²) in [5.41, 5.74) is 0.372. The summed E-state index contributed by atoms with van der Waals surface area (Å²) in [6, 6.07) is 7.92. The smallest absolute Gasteiger partial charge is 0.320 e. The molecular formula is C14H15BrO2S.